The van der Waals surface area contributed by atoms with E-state index in [2.05, 4.69) is 10.2 Å². The molecule has 0 saturated heterocycles. The lowest BCUT2D eigenvalue weighted by atomic mass is 9.96. The molecule has 0 spiro atoms. The number of esters is 1. The van der Waals surface area contributed by atoms with E-state index >= 15 is 0 Å². The number of aromatic nitrogens is 2. The van der Waals surface area contributed by atoms with Crippen LogP contribution in [0.3, 0.4) is 0 Å². The average Bonchev–Trinajstić information content (AvgIpc) is 3.21. The molecule has 2 aromatic rings. The van der Waals surface area contributed by atoms with Gasteiger partial charge in [0.1, 0.15) is 6.10 Å². The molecule has 176 valence electrons. The third-order valence-corrected chi connectivity index (χ3v) is 4.43. The van der Waals surface area contributed by atoms with Crippen molar-refractivity contribution in [2.75, 3.05) is 20.7 Å². The molecule has 3 atom stereocenters. The van der Waals surface area contributed by atoms with Gasteiger partial charge in [0.25, 0.3) is 0 Å². The molecule has 1 aromatic heterocycles. The lowest BCUT2D eigenvalue weighted by Crippen LogP contribution is -2.45. The van der Waals surface area contributed by atoms with Crippen LogP contribution >= 0.6 is 0 Å². The SMILES string of the molecule is C.CN(C)C(COC(c1ccccc1)c1ccn[nH]1)OC(=O)CC(O)(CC(=O)O)C(=O)O. The Morgan fingerprint density at radius 1 is 1.12 bits per heavy atom. The summed E-state index contributed by atoms with van der Waals surface area (Å²) in [6, 6.07) is 11.0. The van der Waals surface area contributed by atoms with E-state index in [1.54, 1.807) is 26.4 Å². The standard InChI is InChI=1S/C20H25N3O8.CH4/c1-23(2)15(31-17(26)11-20(29,19(27)28)10-16(24)25)12-30-18(14-8-9-21-22-14)13-6-4-3-5-7-13;/h3-9,15,18,29H,10-12H2,1-2H3,(H,21,22)(H,24,25)(H,27,28);1H4. The van der Waals surface area contributed by atoms with Gasteiger partial charge in [0.15, 0.2) is 11.8 Å². The number of carbonyl (C=O) groups is 3. The molecular weight excluding hydrogens is 422 g/mol. The van der Waals surface area contributed by atoms with Gasteiger partial charge in [-0.05, 0) is 25.7 Å². The first kappa shape index (κ1) is 26.8. The van der Waals surface area contributed by atoms with Crippen LogP contribution in [0.5, 0.6) is 0 Å². The number of likely N-dealkylation sites (N-methyl/N-ethyl adjacent to an activating group) is 1. The van der Waals surface area contributed by atoms with Gasteiger partial charge < -0.3 is 24.8 Å². The molecule has 2 rings (SSSR count). The molecule has 0 bridgehead atoms. The van der Waals surface area contributed by atoms with Crippen molar-refractivity contribution in [3.05, 3.63) is 53.9 Å². The van der Waals surface area contributed by atoms with E-state index in [-0.39, 0.29) is 14.0 Å². The number of rotatable bonds is 12. The molecule has 4 N–H and O–H groups in total. The third kappa shape index (κ3) is 7.45. The Hall–Kier alpha value is -3.28. The van der Waals surface area contributed by atoms with Crippen LogP contribution in [0.25, 0.3) is 0 Å². The first-order valence-electron chi connectivity index (χ1n) is 9.31. The Morgan fingerprint density at radius 3 is 2.28 bits per heavy atom. The molecule has 1 heterocycles. The maximum atomic E-state index is 12.3. The fourth-order valence-electron chi connectivity index (χ4n) is 2.77. The van der Waals surface area contributed by atoms with E-state index in [9.17, 15) is 19.5 Å². The van der Waals surface area contributed by atoms with Crippen molar-refractivity contribution in [3.63, 3.8) is 0 Å². The largest absolute Gasteiger partial charge is 0.481 e. The monoisotopic (exact) mass is 451 g/mol. The zero-order chi connectivity index (χ0) is 23.0. The maximum Gasteiger partial charge on any atom is 0.336 e. The van der Waals surface area contributed by atoms with E-state index in [1.807, 2.05) is 30.3 Å². The summed E-state index contributed by atoms with van der Waals surface area (Å²) in [5, 5.41) is 34.7. The second-order valence-corrected chi connectivity index (χ2v) is 7.13. The van der Waals surface area contributed by atoms with E-state index < -0.39 is 48.7 Å². The van der Waals surface area contributed by atoms with Crippen LogP contribution in [0, 0.1) is 0 Å². The lowest BCUT2D eigenvalue weighted by Gasteiger charge is -2.28. The van der Waals surface area contributed by atoms with E-state index in [0.717, 1.165) is 5.56 Å². The fourth-order valence-corrected chi connectivity index (χ4v) is 2.77. The molecule has 0 radical (unpaired) electrons. The molecule has 0 fully saturated rings. The van der Waals surface area contributed by atoms with Gasteiger partial charge in [-0.1, -0.05) is 37.8 Å². The summed E-state index contributed by atoms with van der Waals surface area (Å²) >= 11 is 0. The number of benzene rings is 1. The Bertz CT molecular complexity index is 872. The molecule has 0 aliphatic rings. The van der Waals surface area contributed by atoms with E-state index in [0.29, 0.717) is 5.69 Å². The minimum Gasteiger partial charge on any atom is -0.481 e. The van der Waals surface area contributed by atoms with Crippen molar-refractivity contribution in [1.82, 2.24) is 15.1 Å². The number of aliphatic carboxylic acids is 2. The molecule has 0 amide bonds. The summed E-state index contributed by atoms with van der Waals surface area (Å²) in [4.78, 5) is 35.9. The summed E-state index contributed by atoms with van der Waals surface area (Å²) in [6.45, 7) is -0.0955. The van der Waals surface area contributed by atoms with E-state index in [4.69, 9.17) is 19.7 Å². The summed E-state index contributed by atoms with van der Waals surface area (Å²) < 4.78 is 11.2. The van der Waals surface area contributed by atoms with Crippen molar-refractivity contribution in [1.29, 1.82) is 0 Å². The van der Waals surface area contributed by atoms with Crippen molar-refractivity contribution in [2.45, 2.75) is 38.2 Å². The number of carboxylic acids is 2. The number of aliphatic hydroxyl groups is 1. The smallest absolute Gasteiger partial charge is 0.336 e. The van der Waals surface area contributed by atoms with Crippen molar-refractivity contribution < 1.29 is 39.2 Å². The highest BCUT2D eigenvalue weighted by atomic mass is 16.6. The van der Waals surface area contributed by atoms with Crippen LogP contribution in [0.15, 0.2) is 42.6 Å². The normalized spacial score (nSPS) is 14.6. The number of ether oxygens (including phenoxy) is 2. The van der Waals surface area contributed by atoms with E-state index in [1.165, 1.54) is 4.90 Å². The first-order valence-corrected chi connectivity index (χ1v) is 9.31. The van der Waals surface area contributed by atoms with Gasteiger partial charge in [0, 0.05) is 6.20 Å². The fraction of sp³-hybridized carbons (Fsp3) is 0.429. The summed E-state index contributed by atoms with van der Waals surface area (Å²) in [5.74, 6) is -4.46. The zero-order valence-electron chi connectivity index (χ0n) is 17.1. The predicted molar refractivity (Wildman–Crippen MR) is 113 cm³/mol. The molecule has 0 saturated carbocycles. The van der Waals surface area contributed by atoms with Crippen LogP contribution in [-0.2, 0) is 23.9 Å². The van der Waals surface area contributed by atoms with Gasteiger partial charge in [-0.15, -0.1) is 0 Å². The van der Waals surface area contributed by atoms with Crippen LogP contribution in [0.4, 0.5) is 0 Å². The number of carbonyl (C=O) groups excluding carboxylic acids is 1. The summed E-state index contributed by atoms with van der Waals surface area (Å²) in [5.41, 5.74) is -1.27. The number of nitrogens with zero attached hydrogens (tertiary/aromatic N) is 2. The number of H-pyrrole nitrogens is 1. The number of nitrogens with one attached hydrogen (secondary N) is 1. The summed E-state index contributed by atoms with van der Waals surface area (Å²) in [6.07, 6.45) is -2.05. The maximum absolute atomic E-state index is 12.3. The molecule has 11 heteroatoms. The Balaban J connectivity index is 0.00000512. The van der Waals surface area contributed by atoms with Crippen molar-refractivity contribution >= 4 is 17.9 Å². The second kappa shape index (κ2) is 11.9. The Morgan fingerprint density at radius 2 is 1.78 bits per heavy atom. The molecule has 32 heavy (non-hydrogen) atoms. The van der Waals surface area contributed by atoms with Crippen molar-refractivity contribution in [3.8, 4) is 0 Å². The van der Waals surface area contributed by atoms with Crippen LogP contribution in [0.1, 0.15) is 37.6 Å². The van der Waals surface area contributed by atoms with Gasteiger partial charge >= 0.3 is 17.9 Å². The third-order valence-electron chi connectivity index (χ3n) is 4.43. The quantitative estimate of drug-likeness (QED) is 0.273. The summed E-state index contributed by atoms with van der Waals surface area (Å²) in [7, 11) is 3.24. The lowest BCUT2D eigenvalue weighted by molar-refractivity contribution is -0.179. The highest BCUT2D eigenvalue weighted by Crippen LogP contribution is 2.25. The Labute approximate surface area is 185 Å². The van der Waals surface area contributed by atoms with Gasteiger partial charge in [-0.25, -0.2) is 4.79 Å². The minimum atomic E-state index is -2.77. The van der Waals surface area contributed by atoms with Crippen LogP contribution in [0.2, 0.25) is 0 Å². The highest BCUT2D eigenvalue weighted by molar-refractivity contribution is 5.88. The number of hydrogen-bond donors (Lipinski definition) is 4. The molecule has 0 aliphatic carbocycles. The molecule has 0 aliphatic heterocycles. The van der Waals surface area contributed by atoms with Crippen molar-refractivity contribution in [2.24, 2.45) is 0 Å². The molecule has 3 unspecified atom stereocenters. The Kier molecular flexibility index (Phi) is 9.98. The first-order chi connectivity index (χ1) is 14.6. The van der Waals surface area contributed by atoms with Crippen LogP contribution < -0.4 is 0 Å². The molecule has 11 nitrogen and oxygen atoms in total. The van der Waals surface area contributed by atoms with Gasteiger partial charge in [0.2, 0.25) is 0 Å². The highest BCUT2D eigenvalue weighted by Gasteiger charge is 2.42. The van der Waals surface area contributed by atoms with Crippen LogP contribution in [-0.4, -0.2) is 80.9 Å². The van der Waals surface area contributed by atoms with Gasteiger partial charge in [-0.2, -0.15) is 5.10 Å². The van der Waals surface area contributed by atoms with Gasteiger partial charge in [0.05, 0.1) is 25.1 Å². The van der Waals surface area contributed by atoms with Gasteiger partial charge in [-0.3, -0.25) is 19.6 Å². The molecular formula is C21H29N3O8. The average molecular weight is 451 g/mol. The molecule has 1 aromatic carbocycles. The number of aromatic amines is 1. The second-order valence-electron chi connectivity index (χ2n) is 7.13. The number of carboxylic acid groups (broad SMARTS) is 2. The minimum absolute atomic E-state index is 0. The topological polar surface area (TPSA) is 162 Å². The predicted octanol–water partition coefficient (Wildman–Crippen LogP) is 1.26. The number of hydrogen-bond acceptors (Lipinski definition) is 8. The zero-order valence-corrected chi connectivity index (χ0v) is 17.1.